The van der Waals surface area contributed by atoms with E-state index in [1.54, 1.807) is 4.68 Å². The van der Waals surface area contributed by atoms with E-state index in [1.807, 2.05) is 26.8 Å². The maximum atomic E-state index is 12.4. The van der Waals surface area contributed by atoms with Crippen LogP contribution in [-0.2, 0) is 17.8 Å². The van der Waals surface area contributed by atoms with Crippen molar-refractivity contribution in [2.45, 2.75) is 40.2 Å². The second-order valence-electron chi connectivity index (χ2n) is 5.23. The van der Waals surface area contributed by atoms with Crippen molar-refractivity contribution in [3.05, 3.63) is 39.6 Å². The number of likely N-dealkylation sites (N-methyl/N-ethyl adjacent to an activating group) is 1. The van der Waals surface area contributed by atoms with Crippen LogP contribution in [0.5, 0.6) is 0 Å². The number of carbonyl (C=O) groups is 1. The lowest BCUT2D eigenvalue weighted by Gasteiger charge is -2.13. The average Bonchev–Trinajstić information content (AvgIpc) is 2.80. The minimum absolute atomic E-state index is 0.0809. The normalized spacial score (nSPS) is 10.7. The van der Waals surface area contributed by atoms with Crippen LogP contribution in [0, 0.1) is 13.8 Å². The first-order valence-corrected chi connectivity index (χ1v) is 7.31. The SMILES string of the molecule is CCCc1cc(=O)n(CC(=O)NC)c(-n2nc(C)cc2C)n1. The van der Waals surface area contributed by atoms with Gasteiger partial charge in [0.05, 0.1) is 5.69 Å². The molecule has 2 aromatic rings. The lowest BCUT2D eigenvalue weighted by Crippen LogP contribution is -2.33. The summed E-state index contributed by atoms with van der Waals surface area (Å²) in [6, 6.07) is 3.39. The highest BCUT2D eigenvalue weighted by Gasteiger charge is 2.15. The van der Waals surface area contributed by atoms with Crippen molar-refractivity contribution in [1.82, 2.24) is 24.6 Å². The van der Waals surface area contributed by atoms with Crippen molar-refractivity contribution < 1.29 is 4.79 Å². The molecule has 0 saturated carbocycles. The summed E-state index contributed by atoms with van der Waals surface area (Å²) in [7, 11) is 1.54. The van der Waals surface area contributed by atoms with Gasteiger partial charge in [0.25, 0.3) is 5.56 Å². The monoisotopic (exact) mass is 303 g/mol. The molecule has 7 heteroatoms. The highest BCUT2D eigenvalue weighted by Crippen LogP contribution is 2.10. The van der Waals surface area contributed by atoms with E-state index in [4.69, 9.17) is 0 Å². The fourth-order valence-electron chi connectivity index (χ4n) is 2.29. The zero-order chi connectivity index (χ0) is 16.3. The summed E-state index contributed by atoms with van der Waals surface area (Å²) in [5, 5.41) is 6.90. The van der Waals surface area contributed by atoms with Crippen LogP contribution in [-0.4, -0.2) is 32.3 Å². The molecule has 2 rings (SSSR count). The Morgan fingerprint density at radius 2 is 2.05 bits per heavy atom. The lowest BCUT2D eigenvalue weighted by atomic mass is 10.2. The number of aromatic nitrogens is 4. The number of amides is 1. The van der Waals surface area contributed by atoms with Crippen LogP contribution in [0.1, 0.15) is 30.4 Å². The molecular formula is C15H21N5O2. The highest BCUT2D eigenvalue weighted by molar-refractivity contribution is 5.75. The fraction of sp³-hybridized carbons (Fsp3) is 0.467. The van der Waals surface area contributed by atoms with Gasteiger partial charge in [-0.1, -0.05) is 13.3 Å². The summed E-state index contributed by atoms with van der Waals surface area (Å²) in [5.74, 6) is 0.125. The van der Waals surface area contributed by atoms with Crippen molar-refractivity contribution in [1.29, 1.82) is 0 Å². The summed E-state index contributed by atoms with van der Waals surface area (Å²) >= 11 is 0. The minimum Gasteiger partial charge on any atom is -0.358 e. The fourth-order valence-corrected chi connectivity index (χ4v) is 2.29. The molecule has 1 N–H and O–H groups in total. The quantitative estimate of drug-likeness (QED) is 0.883. The van der Waals surface area contributed by atoms with Gasteiger partial charge in [-0.3, -0.25) is 14.2 Å². The van der Waals surface area contributed by atoms with Gasteiger partial charge in [-0.25, -0.2) is 9.67 Å². The number of aryl methyl sites for hydroxylation is 3. The van der Waals surface area contributed by atoms with Crippen LogP contribution in [0.2, 0.25) is 0 Å². The molecule has 22 heavy (non-hydrogen) atoms. The first-order chi connectivity index (χ1) is 10.5. The Morgan fingerprint density at radius 3 is 2.59 bits per heavy atom. The summed E-state index contributed by atoms with van der Waals surface area (Å²) in [6.45, 7) is 5.71. The number of carbonyl (C=O) groups excluding carboxylic acids is 1. The lowest BCUT2D eigenvalue weighted by molar-refractivity contribution is -0.121. The summed E-state index contributed by atoms with van der Waals surface area (Å²) in [6.07, 6.45) is 1.60. The Labute approximate surface area is 129 Å². The van der Waals surface area contributed by atoms with Gasteiger partial charge in [-0.15, -0.1) is 0 Å². The molecule has 0 aliphatic rings. The van der Waals surface area contributed by atoms with Crippen LogP contribution in [0.3, 0.4) is 0 Å². The Morgan fingerprint density at radius 1 is 1.32 bits per heavy atom. The second kappa shape index (κ2) is 6.55. The van der Waals surface area contributed by atoms with E-state index in [0.717, 1.165) is 17.8 Å². The first kappa shape index (κ1) is 15.9. The van der Waals surface area contributed by atoms with Crippen LogP contribution < -0.4 is 10.9 Å². The third-order valence-corrected chi connectivity index (χ3v) is 3.33. The Balaban J connectivity index is 2.63. The van der Waals surface area contributed by atoms with Crippen LogP contribution in [0.15, 0.2) is 16.9 Å². The standard InChI is InChI=1S/C15H21N5O2/c1-5-6-12-8-14(22)19(9-13(21)16-4)15(17-12)20-11(3)7-10(2)18-20/h7-8H,5-6,9H2,1-4H3,(H,16,21). The zero-order valence-electron chi connectivity index (χ0n) is 13.4. The van der Waals surface area contributed by atoms with Crippen molar-refractivity contribution >= 4 is 5.91 Å². The minimum atomic E-state index is -0.255. The smallest absolute Gasteiger partial charge is 0.255 e. The predicted molar refractivity (Wildman–Crippen MR) is 83.2 cm³/mol. The molecule has 2 heterocycles. The predicted octanol–water partition coefficient (Wildman–Crippen LogP) is 0.744. The third-order valence-electron chi connectivity index (χ3n) is 3.33. The van der Waals surface area contributed by atoms with Crippen LogP contribution >= 0.6 is 0 Å². The van der Waals surface area contributed by atoms with Gasteiger partial charge < -0.3 is 5.32 Å². The Kier molecular flexibility index (Phi) is 4.75. The average molecular weight is 303 g/mol. The molecule has 0 unspecified atom stereocenters. The van der Waals surface area contributed by atoms with Gasteiger partial charge in [-0.2, -0.15) is 5.10 Å². The molecule has 0 atom stereocenters. The molecule has 0 bridgehead atoms. The van der Waals surface area contributed by atoms with Crippen molar-refractivity contribution in [2.24, 2.45) is 0 Å². The van der Waals surface area contributed by atoms with Gasteiger partial charge in [0, 0.05) is 24.5 Å². The maximum Gasteiger partial charge on any atom is 0.255 e. The molecule has 0 aliphatic carbocycles. The molecule has 0 spiro atoms. The van der Waals surface area contributed by atoms with Gasteiger partial charge in [0.2, 0.25) is 11.9 Å². The molecule has 1 amide bonds. The van der Waals surface area contributed by atoms with Crippen LogP contribution in [0.4, 0.5) is 0 Å². The van der Waals surface area contributed by atoms with Gasteiger partial charge in [0.1, 0.15) is 6.54 Å². The van der Waals surface area contributed by atoms with Gasteiger partial charge >= 0.3 is 0 Å². The molecular weight excluding hydrogens is 282 g/mol. The van der Waals surface area contributed by atoms with E-state index < -0.39 is 0 Å². The molecule has 0 radical (unpaired) electrons. The molecule has 0 fully saturated rings. The molecule has 118 valence electrons. The molecule has 2 aromatic heterocycles. The molecule has 7 nitrogen and oxygen atoms in total. The van der Waals surface area contributed by atoms with E-state index in [-0.39, 0.29) is 18.0 Å². The number of hydrogen-bond acceptors (Lipinski definition) is 4. The Hall–Kier alpha value is -2.44. The maximum absolute atomic E-state index is 12.4. The van der Waals surface area contributed by atoms with Gasteiger partial charge in [0.15, 0.2) is 0 Å². The second-order valence-corrected chi connectivity index (χ2v) is 5.23. The number of hydrogen-bond donors (Lipinski definition) is 1. The van der Waals surface area contributed by atoms with Crippen molar-refractivity contribution in [3.63, 3.8) is 0 Å². The first-order valence-electron chi connectivity index (χ1n) is 7.31. The van der Waals surface area contributed by atoms with E-state index in [9.17, 15) is 9.59 Å². The summed E-state index contributed by atoms with van der Waals surface area (Å²) < 4.78 is 2.95. The van der Waals surface area contributed by atoms with E-state index in [0.29, 0.717) is 18.1 Å². The summed E-state index contributed by atoms with van der Waals surface area (Å²) in [4.78, 5) is 28.6. The summed E-state index contributed by atoms with van der Waals surface area (Å²) in [5.41, 5.74) is 2.16. The highest BCUT2D eigenvalue weighted by atomic mass is 16.2. The topological polar surface area (TPSA) is 81.8 Å². The van der Waals surface area contributed by atoms with Crippen LogP contribution in [0.25, 0.3) is 5.95 Å². The van der Waals surface area contributed by atoms with Crippen molar-refractivity contribution in [3.8, 4) is 5.95 Å². The third kappa shape index (κ3) is 3.24. The van der Waals surface area contributed by atoms with Crippen molar-refractivity contribution in [2.75, 3.05) is 7.05 Å². The molecule has 0 aliphatic heterocycles. The molecule has 0 saturated heterocycles. The van der Waals surface area contributed by atoms with E-state index in [1.165, 1.54) is 17.7 Å². The zero-order valence-corrected chi connectivity index (χ0v) is 13.4. The number of rotatable bonds is 5. The van der Waals surface area contributed by atoms with E-state index >= 15 is 0 Å². The van der Waals surface area contributed by atoms with E-state index in [2.05, 4.69) is 15.4 Å². The largest absolute Gasteiger partial charge is 0.358 e. The number of nitrogens with one attached hydrogen (secondary N) is 1. The Bertz CT molecular complexity index is 745. The molecule has 0 aromatic carbocycles. The number of nitrogens with zero attached hydrogens (tertiary/aromatic N) is 4. The van der Waals surface area contributed by atoms with Gasteiger partial charge in [-0.05, 0) is 26.3 Å².